The van der Waals surface area contributed by atoms with Crippen LogP contribution in [0.1, 0.15) is 39.2 Å². The SMILES string of the molecule is COc1ccc(CO[C@@H]2C[C@](C)(/C(C)=C/I)O[C@H](CC=O)[C@@H]2C)cc1OC. The van der Waals surface area contributed by atoms with E-state index >= 15 is 0 Å². The molecular formula is C21H29IO5. The van der Waals surface area contributed by atoms with E-state index < -0.39 is 5.60 Å². The van der Waals surface area contributed by atoms with Crippen molar-refractivity contribution >= 4 is 28.9 Å². The van der Waals surface area contributed by atoms with E-state index in [4.69, 9.17) is 18.9 Å². The van der Waals surface area contributed by atoms with Gasteiger partial charge in [-0.05, 0) is 41.2 Å². The first-order valence-corrected chi connectivity index (χ1v) is 10.3. The topological polar surface area (TPSA) is 54.0 Å². The molecule has 1 aliphatic rings. The Morgan fingerprint density at radius 1 is 1.33 bits per heavy atom. The van der Waals surface area contributed by atoms with E-state index in [-0.39, 0.29) is 18.1 Å². The van der Waals surface area contributed by atoms with Crippen molar-refractivity contribution in [3.8, 4) is 11.5 Å². The number of rotatable bonds is 8. The number of ether oxygens (including phenoxy) is 4. The number of benzene rings is 1. The van der Waals surface area contributed by atoms with Crippen LogP contribution in [0.4, 0.5) is 0 Å². The summed E-state index contributed by atoms with van der Waals surface area (Å²) in [4.78, 5) is 11.1. The molecule has 150 valence electrons. The molecule has 1 fully saturated rings. The zero-order valence-corrected chi connectivity index (χ0v) is 18.8. The summed E-state index contributed by atoms with van der Waals surface area (Å²) in [7, 11) is 3.24. The van der Waals surface area contributed by atoms with Gasteiger partial charge in [0.15, 0.2) is 11.5 Å². The van der Waals surface area contributed by atoms with Gasteiger partial charge < -0.3 is 23.7 Å². The summed E-state index contributed by atoms with van der Waals surface area (Å²) in [5, 5.41) is 0. The molecule has 1 aromatic rings. The Morgan fingerprint density at radius 3 is 2.63 bits per heavy atom. The zero-order valence-electron chi connectivity index (χ0n) is 16.7. The molecule has 0 N–H and O–H groups in total. The average Bonchev–Trinajstić information content (AvgIpc) is 2.68. The molecule has 1 aromatic carbocycles. The lowest BCUT2D eigenvalue weighted by atomic mass is 9.80. The second-order valence-corrected chi connectivity index (χ2v) is 7.81. The quantitative estimate of drug-likeness (QED) is 0.392. The molecule has 0 radical (unpaired) electrons. The Kier molecular flexibility index (Phi) is 8.12. The van der Waals surface area contributed by atoms with Crippen LogP contribution >= 0.6 is 22.6 Å². The van der Waals surface area contributed by atoms with Crippen LogP contribution in [0, 0.1) is 5.92 Å². The van der Waals surface area contributed by atoms with Crippen molar-refractivity contribution in [3.63, 3.8) is 0 Å². The summed E-state index contributed by atoms with van der Waals surface area (Å²) in [6, 6.07) is 5.79. The Labute approximate surface area is 175 Å². The third-order valence-electron chi connectivity index (χ3n) is 5.41. The Hall–Kier alpha value is -1.12. The summed E-state index contributed by atoms with van der Waals surface area (Å²) in [6.07, 6.45) is 1.90. The molecular weight excluding hydrogens is 459 g/mol. The van der Waals surface area contributed by atoms with Crippen LogP contribution in [0.2, 0.25) is 0 Å². The molecule has 1 heterocycles. The number of carbonyl (C=O) groups excluding carboxylic acids is 1. The highest BCUT2D eigenvalue weighted by molar-refractivity contribution is 14.1. The summed E-state index contributed by atoms with van der Waals surface area (Å²) >= 11 is 2.23. The fraction of sp³-hybridized carbons (Fsp3) is 0.571. The van der Waals surface area contributed by atoms with Gasteiger partial charge in [-0.2, -0.15) is 0 Å². The maximum atomic E-state index is 11.1. The standard InChI is InChI=1S/C21H29IO5/c1-14(12-22)21(3)11-20(15(2)17(27-21)8-9-23)26-13-16-6-7-18(24-4)19(10-16)25-5/h6-7,9-10,12,15,17,20H,8,11,13H2,1-5H3/b14-12+/t15-,17+,20+,21+/m0/s1. The van der Waals surface area contributed by atoms with Crippen molar-refractivity contribution in [1.29, 1.82) is 0 Å². The highest BCUT2D eigenvalue weighted by atomic mass is 127. The minimum absolute atomic E-state index is 0.00639. The second-order valence-electron chi connectivity index (χ2n) is 7.18. The normalized spacial score (nSPS) is 28.7. The van der Waals surface area contributed by atoms with Gasteiger partial charge in [-0.3, -0.25) is 0 Å². The molecule has 2 rings (SSSR count). The fourth-order valence-corrected chi connectivity index (χ4v) is 4.07. The third kappa shape index (κ3) is 5.23. The van der Waals surface area contributed by atoms with Gasteiger partial charge in [0.05, 0.1) is 38.6 Å². The van der Waals surface area contributed by atoms with E-state index in [1.807, 2.05) is 22.3 Å². The smallest absolute Gasteiger partial charge is 0.161 e. The molecule has 5 nitrogen and oxygen atoms in total. The van der Waals surface area contributed by atoms with Crippen LogP contribution in [-0.4, -0.2) is 38.3 Å². The van der Waals surface area contributed by atoms with Crippen LogP contribution in [0.3, 0.4) is 0 Å². The van der Waals surface area contributed by atoms with Gasteiger partial charge in [0.25, 0.3) is 0 Å². The van der Waals surface area contributed by atoms with Gasteiger partial charge in [-0.15, -0.1) is 0 Å². The van der Waals surface area contributed by atoms with E-state index in [9.17, 15) is 4.79 Å². The molecule has 0 bridgehead atoms. The zero-order chi connectivity index (χ0) is 20.0. The van der Waals surface area contributed by atoms with Crippen molar-refractivity contribution in [2.45, 2.75) is 58.0 Å². The number of hydrogen-bond donors (Lipinski definition) is 0. The predicted molar refractivity (Wildman–Crippen MR) is 114 cm³/mol. The molecule has 27 heavy (non-hydrogen) atoms. The predicted octanol–water partition coefficient (Wildman–Crippen LogP) is 4.70. The second kappa shape index (κ2) is 9.89. The van der Waals surface area contributed by atoms with Crippen LogP contribution < -0.4 is 9.47 Å². The van der Waals surface area contributed by atoms with E-state index in [2.05, 4.69) is 43.4 Å². The monoisotopic (exact) mass is 488 g/mol. The highest BCUT2D eigenvalue weighted by Crippen LogP contribution is 2.40. The maximum absolute atomic E-state index is 11.1. The lowest BCUT2D eigenvalue weighted by Crippen LogP contribution is -2.50. The molecule has 0 aliphatic carbocycles. The largest absolute Gasteiger partial charge is 0.493 e. The van der Waals surface area contributed by atoms with E-state index in [1.54, 1.807) is 14.2 Å². The molecule has 1 aliphatic heterocycles. The Balaban J connectivity index is 2.16. The molecule has 0 unspecified atom stereocenters. The summed E-state index contributed by atoms with van der Waals surface area (Å²) < 4.78 is 25.3. The van der Waals surface area contributed by atoms with E-state index in [0.717, 1.165) is 23.8 Å². The highest BCUT2D eigenvalue weighted by Gasteiger charge is 2.43. The van der Waals surface area contributed by atoms with Crippen LogP contribution in [0.15, 0.2) is 27.9 Å². The summed E-state index contributed by atoms with van der Waals surface area (Å²) in [6.45, 7) is 6.70. The molecule has 4 atom stereocenters. The van der Waals surface area contributed by atoms with Gasteiger partial charge in [-0.1, -0.05) is 35.6 Å². The van der Waals surface area contributed by atoms with Gasteiger partial charge in [0, 0.05) is 18.8 Å². The van der Waals surface area contributed by atoms with Crippen molar-refractivity contribution in [1.82, 2.24) is 0 Å². The van der Waals surface area contributed by atoms with E-state index in [1.165, 1.54) is 0 Å². The van der Waals surface area contributed by atoms with Gasteiger partial charge in [-0.25, -0.2) is 0 Å². The lowest BCUT2D eigenvalue weighted by Gasteiger charge is -2.46. The third-order valence-corrected chi connectivity index (χ3v) is 6.35. The fourth-order valence-electron chi connectivity index (χ4n) is 3.41. The molecule has 6 heteroatoms. The van der Waals surface area contributed by atoms with Crippen molar-refractivity contribution in [2.75, 3.05) is 14.2 Å². The molecule has 0 aromatic heterocycles. The number of aldehydes is 1. The minimum Gasteiger partial charge on any atom is -0.493 e. The first-order chi connectivity index (χ1) is 12.9. The Bertz CT molecular complexity index is 675. The van der Waals surface area contributed by atoms with E-state index in [0.29, 0.717) is 24.5 Å². The minimum atomic E-state index is -0.427. The molecule has 0 spiro atoms. The Morgan fingerprint density at radius 2 is 2.04 bits per heavy atom. The van der Waals surface area contributed by atoms with Crippen LogP contribution in [-0.2, 0) is 20.9 Å². The number of hydrogen-bond acceptors (Lipinski definition) is 5. The molecule has 0 amide bonds. The number of carbonyl (C=O) groups is 1. The lowest BCUT2D eigenvalue weighted by molar-refractivity contribution is -0.182. The number of methoxy groups -OCH3 is 2. The van der Waals surface area contributed by atoms with Crippen LogP contribution in [0.5, 0.6) is 11.5 Å². The maximum Gasteiger partial charge on any atom is 0.161 e. The number of halogens is 1. The van der Waals surface area contributed by atoms with Crippen molar-refractivity contribution in [3.05, 3.63) is 33.4 Å². The molecule has 0 saturated carbocycles. The summed E-state index contributed by atoms with van der Waals surface area (Å²) in [5.74, 6) is 1.51. The first-order valence-electron chi connectivity index (χ1n) is 9.10. The average molecular weight is 488 g/mol. The van der Waals surface area contributed by atoms with Crippen molar-refractivity contribution in [2.24, 2.45) is 5.92 Å². The van der Waals surface area contributed by atoms with Gasteiger partial charge >= 0.3 is 0 Å². The van der Waals surface area contributed by atoms with Crippen LogP contribution in [0.25, 0.3) is 0 Å². The summed E-state index contributed by atoms with van der Waals surface area (Å²) in [5.41, 5.74) is 1.73. The first kappa shape index (κ1) is 22.2. The molecule has 1 saturated heterocycles. The van der Waals surface area contributed by atoms with Gasteiger partial charge in [0.2, 0.25) is 0 Å². The van der Waals surface area contributed by atoms with Crippen molar-refractivity contribution < 1.29 is 23.7 Å². The van der Waals surface area contributed by atoms with Gasteiger partial charge in [0.1, 0.15) is 6.29 Å².